The number of carbonyl (C=O) groups is 2. The molecule has 3 aliphatic rings. The predicted octanol–water partition coefficient (Wildman–Crippen LogP) is 2.73. The lowest BCUT2D eigenvalue weighted by Gasteiger charge is -2.26. The molecule has 2 unspecified atom stereocenters. The fraction of sp³-hybridized carbons (Fsp3) is 0.463. The Morgan fingerprint density at radius 2 is 1.55 bits per heavy atom. The highest BCUT2D eigenvalue weighted by molar-refractivity contribution is 5.98. The highest BCUT2D eigenvalue weighted by atomic mass is 19.1. The molecule has 3 aliphatic heterocycles. The molecule has 0 bridgehead atoms. The number of para-hydroxylation sites is 1. The average molecular weight is 873 g/mol. The molecule has 2 fully saturated rings. The fourth-order valence-corrected chi connectivity index (χ4v) is 6.55. The highest BCUT2D eigenvalue weighted by Gasteiger charge is 2.45. The van der Waals surface area contributed by atoms with E-state index in [9.17, 15) is 23.5 Å². The standard InChI is InChI=1S/C41H50F2N6O13/c42-31-22-28(23-32(43)26-31)27-45-40(51)41(52)8-10-48(62-41)33-4-5-34-30(24-33)25-35(46-34)39(50)44-9-13-54-15-17-56-19-21-57-20-18-55-16-14-53-11-6-29-2-1-3-36-38(29)61-49(60-36)37-7-12-58-47-59-37/h1-5,22-26,37,46-47,52H,6-21,27H2,(H,44,50)(H,45,51). The largest absolute Gasteiger partial charge is 0.379 e. The lowest BCUT2D eigenvalue weighted by Crippen LogP contribution is -2.47. The van der Waals surface area contributed by atoms with Crippen LogP contribution < -0.4 is 31.0 Å². The van der Waals surface area contributed by atoms with Crippen molar-refractivity contribution in [3.63, 3.8) is 0 Å². The smallest absolute Gasteiger partial charge is 0.282 e. The van der Waals surface area contributed by atoms with E-state index in [1.165, 1.54) is 10.3 Å². The van der Waals surface area contributed by atoms with Crippen molar-refractivity contribution in [3.05, 3.63) is 89.1 Å². The summed E-state index contributed by atoms with van der Waals surface area (Å²) in [6.45, 7) is 4.82. The van der Waals surface area contributed by atoms with Crippen molar-refractivity contribution in [1.29, 1.82) is 0 Å². The van der Waals surface area contributed by atoms with Gasteiger partial charge >= 0.3 is 0 Å². The molecule has 0 saturated carbocycles. The van der Waals surface area contributed by atoms with Crippen molar-refractivity contribution >= 4 is 28.4 Å². The minimum Gasteiger partial charge on any atom is -0.379 e. The van der Waals surface area contributed by atoms with Gasteiger partial charge < -0.3 is 54.1 Å². The Kier molecular flexibility index (Phi) is 16.2. The molecule has 62 heavy (non-hydrogen) atoms. The summed E-state index contributed by atoms with van der Waals surface area (Å²) in [6.07, 6.45) is 0.738. The summed E-state index contributed by atoms with van der Waals surface area (Å²) in [5, 5.41) is 19.5. The van der Waals surface area contributed by atoms with Gasteiger partial charge in [-0.25, -0.2) is 13.6 Å². The molecule has 3 aromatic carbocycles. The molecule has 4 aromatic rings. The van der Waals surface area contributed by atoms with Crippen LogP contribution in [0.3, 0.4) is 0 Å². The van der Waals surface area contributed by atoms with E-state index in [2.05, 4.69) is 21.3 Å². The molecule has 7 rings (SSSR count). The predicted molar refractivity (Wildman–Crippen MR) is 213 cm³/mol. The topological polar surface area (TPSA) is 205 Å². The molecule has 2 amide bonds. The summed E-state index contributed by atoms with van der Waals surface area (Å²) in [5.74, 6) is -3.62. The Hall–Kier alpha value is -5.04. The second-order valence-corrected chi connectivity index (χ2v) is 14.2. The maximum absolute atomic E-state index is 13.5. The third-order valence-corrected chi connectivity index (χ3v) is 9.69. The number of H-pyrrole nitrogens is 1. The molecule has 4 heterocycles. The van der Waals surface area contributed by atoms with E-state index in [4.69, 9.17) is 47.9 Å². The number of fused-ring (bicyclic) bond motifs is 2. The number of anilines is 1. The Morgan fingerprint density at radius 1 is 0.839 bits per heavy atom. The van der Waals surface area contributed by atoms with E-state index in [1.807, 2.05) is 18.2 Å². The maximum Gasteiger partial charge on any atom is 0.282 e. The summed E-state index contributed by atoms with van der Waals surface area (Å²) in [5.41, 5.74) is 5.13. The second kappa shape index (κ2) is 22.4. The first kappa shape index (κ1) is 45.0. The molecule has 0 spiro atoms. The minimum atomic E-state index is -2.17. The first-order chi connectivity index (χ1) is 30.2. The van der Waals surface area contributed by atoms with E-state index in [-0.39, 0.29) is 37.5 Å². The molecular formula is C41H50F2N6O13. The Morgan fingerprint density at radius 3 is 2.26 bits per heavy atom. The van der Waals surface area contributed by atoms with Gasteiger partial charge in [-0.2, -0.15) is 0 Å². The number of carbonyl (C=O) groups excluding carboxylic acids is 2. The lowest BCUT2D eigenvalue weighted by molar-refractivity contribution is -0.376. The number of rotatable bonds is 24. The van der Waals surface area contributed by atoms with Crippen LogP contribution in [-0.4, -0.2) is 125 Å². The van der Waals surface area contributed by atoms with Crippen LogP contribution in [0.1, 0.15) is 34.5 Å². The van der Waals surface area contributed by atoms with Crippen LogP contribution in [0.5, 0.6) is 11.5 Å². The maximum atomic E-state index is 13.5. The van der Waals surface area contributed by atoms with Gasteiger partial charge in [0.2, 0.25) is 6.23 Å². The van der Waals surface area contributed by atoms with Crippen LogP contribution in [0.4, 0.5) is 14.5 Å². The number of nitrogens with zero attached hydrogens (tertiary/aromatic N) is 2. The van der Waals surface area contributed by atoms with Crippen molar-refractivity contribution in [1.82, 2.24) is 26.5 Å². The fourth-order valence-electron chi connectivity index (χ4n) is 6.55. The molecule has 1 aromatic heterocycles. The van der Waals surface area contributed by atoms with E-state index < -0.39 is 29.6 Å². The van der Waals surface area contributed by atoms with E-state index in [0.29, 0.717) is 119 Å². The molecule has 21 heteroatoms. The van der Waals surface area contributed by atoms with Crippen molar-refractivity contribution in [2.45, 2.75) is 37.8 Å². The first-order valence-corrected chi connectivity index (χ1v) is 20.3. The number of aromatic amines is 1. The molecule has 336 valence electrons. The number of amides is 2. The number of nitrogens with one attached hydrogen (secondary N) is 4. The van der Waals surface area contributed by atoms with E-state index in [1.54, 1.807) is 24.3 Å². The van der Waals surface area contributed by atoms with E-state index >= 15 is 0 Å². The summed E-state index contributed by atoms with van der Waals surface area (Å²) in [7, 11) is 0. The lowest BCUT2D eigenvalue weighted by atomic mass is 10.1. The number of hydroxylamine groups is 3. The molecule has 0 aliphatic carbocycles. The summed E-state index contributed by atoms with van der Waals surface area (Å²) in [6, 6.07) is 15.5. The van der Waals surface area contributed by atoms with Crippen molar-refractivity contribution < 1.29 is 71.3 Å². The monoisotopic (exact) mass is 872 g/mol. The van der Waals surface area contributed by atoms with Gasteiger partial charge in [-0.1, -0.05) is 17.8 Å². The van der Waals surface area contributed by atoms with Crippen molar-refractivity contribution in [2.24, 2.45) is 0 Å². The third kappa shape index (κ3) is 12.5. The van der Waals surface area contributed by atoms with Crippen molar-refractivity contribution in [2.75, 3.05) is 90.8 Å². The second-order valence-electron chi connectivity index (χ2n) is 14.2. The van der Waals surface area contributed by atoms with Crippen LogP contribution >= 0.6 is 0 Å². The zero-order chi connectivity index (χ0) is 43.2. The van der Waals surface area contributed by atoms with Crippen LogP contribution in [0.15, 0.2) is 60.7 Å². The summed E-state index contributed by atoms with van der Waals surface area (Å²) >= 11 is 0. The molecule has 2 atom stereocenters. The van der Waals surface area contributed by atoms with E-state index in [0.717, 1.165) is 23.8 Å². The first-order valence-electron chi connectivity index (χ1n) is 20.3. The number of halogens is 2. The number of benzene rings is 3. The number of aliphatic hydroxyl groups is 1. The molecule has 0 radical (unpaired) electrons. The molecule has 19 nitrogen and oxygen atoms in total. The van der Waals surface area contributed by atoms with Crippen LogP contribution in [0.25, 0.3) is 10.9 Å². The highest BCUT2D eigenvalue weighted by Crippen LogP contribution is 2.39. The quantitative estimate of drug-likeness (QED) is 0.0643. The van der Waals surface area contributed by atoms with Gasteiger partial charge in [0, 0.05) is 48.5 Å². The third-order valence-electron chi connectivity index (χ3n) is 9.69. The Balaban J connectivity index is 0.674. The summed E-state index contributed by atoms with van der Waals surface area (Å²) in [4.78, 5) is 56.1. The van der Waals surface area contributed by atoms with Gasteiger partial charge in [0.05, 0.1) is 90.1 Å². The zero-order valence-corrected chi connectivity index (χ0v) is 33.9. The number of ether oxygens (including phenoxy) is 5. The van der Waals surface area contributed by atoms with Crippen LogP contribution in [-0.2, 0) is 56.0 Å². The Bertz CT molecular complexity index is 2070. The van der Waals surface area contributed by atoms with Gasteiger partial charge in [-0.05, 0) is 54.4 Å². The van der Waals surface area contributed by atoms with Gasteiger partial charge in [-0.15, -0.1) is 0 Å². The van der Waals surface area contributed by atoms with Crippen LogP contribution in [0.2, 0.25) is 0 Å². The number of hydrogen-bond donors (Lipinski definition) is 5. The SMILES string of the molecule is O=C(NCCOCCOCCOCCOCCOCCc1cccc2c1ON(C1CCONO1)O2)c1cc2cc(N3CCC(O)(C(=O)NCc4cc(F)cc(F)c4)O3)ccc2[nH]1. The molecule has 2 saturated heterocycles. The number of aromatic nitrogens is 1. The normalized spacial score (nSPS) is 18.8. The number of hydrogen-bond acceptors (Lipinski definition) is 16. The zero-order valence-electron chi connectivity index (χ0n) is 33.9. The Labute approximate surface area is 355 Å². The molecular weight excluding hydrogens is 822 g/mol. The summed E-state index contributed by atoms with van der Waals surface area (Å²) < 4.78 is 54.9. The molecule has 5 N–H and O–H groups in total. The van der Waals surface area contributed by atoms with Gasteiger partial charge in [0.15, 0.2) is 11.5 Å². The van der Waals surface area contributed by atoms with Crippen LogP contribution in [0, 0.1) is 11.6 Å². The van der Waals surface area contributed by atoms with Crippen molar-refractivity contribution in [3.8, 4) is 11.5 Å². The average Bonchev–Trinajstić information content (AvgIpc) is 4.02. The van der Waals surface area contributed by atoms with Gasteiger partial charge in [0.25, 0.3) is 17.6 Å². The van der Waals surface area contributed by atoms with Gasteiger partial charge in [-0.3, -0.25) is 24.3 Å². The van der Waals surface area contributed by atoms with Gasteiger partial charge in [0.1, 0.15) is 17.3 Å². The minimum absolute atomic E-state index is 0.0486.